The third-order valence-corrected chi connectivity index (χ3v) is 5.04. The topological polar surface area (TPSA) is 75.3 Å². The highest BCUT2D eigenvalue weighted by atomic mass is 32.2. The molecule has 2 aromatic rings. The Morgan fingerprint density at radius 3 is 2.39 bits per heavy atom. The number of aryl methyl sites for hydroxylation is 2. The molecule has 0 aliphatic heterocycles. The standard InChI is InChI=1S/C17H20N2O3S/c1-3-14-9-5-6-10-15(14)19-17(20)12-18-23(21,22)16-11-7-4-8-13(16)2/h4-11,18H,3,12H2,1-2H3,(H,19,20). The molecule has 0 aromatic heterocycles. The predicted molar refractivity (Wildman–Crippen MR) is 90.8 cm³/mol. The quantitative estimate of drug-likeness (QED) is 0.853. The summed E-state index contributed by atoms with van der Waals surface area (Å²) in [6.45, 7) is 3.40. The molecule has 6 heteroatoms. The number of carbonyl (C=O) groups excluding carboxylic acids is 1. The number of sulfonamides is 1. The Kier molecular flexibility index (Phi) is 5.52. The molecular formula is C17H20N2O3S. The first kappa shape index (κ1) is 17.2. The number of hydrogen-bond acceptors (Lipinski definition) is 3. The molecule has 0 atom stereocenters. The Bertz CT molecular complexity index is 801. The minimum atomic E-state index is -3.70. The van der Waals surface area contributed by atoms with E-state index in [4.69, 9.17) is 0 Å². The number of carbonyl (C=O) groups is 1. The SMILES string of the molecule is CCc1ccccc1NC(=O)CNS(=O)(=O)c1ccccc1C. The van der Waals surface area contributed by atoms with Crippen LogP contribution >= 0.6 is 0 Å². The Morgan fingerprint density at radius 1 is 1.04 bits per heavy atom. The number of anilines is 1. The van der Waals surface area contributed by atoms with Crippen LogP contribution in [0.2, 0.25) is 0 Å². The highest BCUT2D eigenvalue weighted by Crippen LogP contribution is 2.16. The average molecular weight is 332 g/mol. The monoisotopic (exact) mass is 332 g/mol. The van der Waals surface area contributed by atoms with E-state index in [-0.39, 0.29) is 11.4 Å². The van der Waals surface area contributed by atoms with E-state index in [1.807, 2.05) is 25.1 Å². The van der Waals surface area contributed by atoms with Gasteiger partial charge in [-0.15, -0.1) is 0 Å². The summed E-state index contributed by atoms with van der Waals surface area (Å²) >= 11 is 0. The van der Waals surface area contributed by atoms with E-state index in [0.29, 0.717) is 11.3 Å². The van der Waals surface area contributed by atoms with Crippen LogP contribution in [0.5, 0.6) is 0 Å². The maximum Gasteiger partial charge on any atom is 0.241 e. The summed E-state index contributed by atoms with van der Waals surface area (Å²) in [7, 11) is -3.70. The van der Waals surface area contributed by atoms with Gasteiger partial charge < -0.3 is 5.32 Å². The Balaban J connectivity index is 2.03. The molecule has 0 saturated heterocycles. The summed E-state index contributed by atoms with van der Waals surface area (Å²) in [4.78, 5) is 12.2. The van der Waals surface area contributed by atoms with Crippen LogP contribution in [0.3, 0.4) is 0 Å². The zero-order valence-corrected chi connectivity index (χ0v) is 14.0. The second-order valence-electron chi connectivity index (χ2n) is 5.15. The van der Waals surface area contributed by atoms with Gasteiger partial charge in [0.15, 0.2) is 0 Å². The van der Waals surface area contributed by atoms with Gasteiger partial charge in [0.05, 0.1) is 11.4 Å². The maximum atomic E-state index is 12.2. The van der Waals surface area contributed by atoms with E-state index in [2.05, 4.69) is 10.0 Å². The molecule has 2 aromatic carbocycles. The lowest BCUT2D eigenvalue weighted by molar-refractivity contribution is -0.115. The first-order valence-electron chi connectivity index (χ1n) is 7.37. The van der Waals surface area contributed by atoms with Gasteiger partial charge >= 0.3 is 0 Å². The molecule has 1 amide bonds. The fourth-order valence-corrected chi connectivity index (χ4v) is 3.47. The molecule has 2 N–H and O–H groups in total. The van der Waals surface area contributed by atoms with Gasteiger partial charge in [-0.25, -0.2) is 13.1 Å². The second-order valence-corrected chi connectivity index (χ2v) is 6.88. The van der Waals surface area contributed by atoms with Crippen LogP contribution in [0.4, 0.5) is 5.69 Å². The first-order valence-corrected chi connectivity index (χ1v) is 8.85. The molecule has 0 fully saturated rings. The van der Waals surface area contributed by atoms with E-state index in [1.54, 1.807) is 31.2 Å². The van der Waals surface area contributed by atoms with Crippen molar-refractivity contribution in [3.63, 3.8) is 0 Å². The first-order chi connectivity index (χ1) is 10.9. The van der Waals surface area contributed by atoms with Crippen molar-refractivity contribution in [2.45, 2.75) is 25.2 Å². The predicted octanol–water partition coefficient (Wildman–Crippen LogP) is 2.47. The molecule has 0 radical (unpaired) electrons. The molecule has 0 aliphatic rings. The number of benzene rings is 2. The van der Waals surface area contributed by atoms with Gasteiger partial charge in [-0.2, -0.15) is 0 Å². The van der Waals surface area contributed by atoms with E-state index >= 15 is 0 Å². The highest BCUT2D eigenvalue weighted by molar-refractivity contribution is 7.89. The van der Waals surface area contributed by atoms with Crippen molar-refractivity contribution in [1.82, 2.24) is 4.72 Å². The van der Waals surface area contributed by atoms with Crippen molar-refractivity contribution < 1.29 is 13.2 Å². The number of hydrogen-bond donors (Lipinski definition) is 2. The van der Waals surface area contributed by atoms with Gasteiger partial charge in [-0.3, -0.25) is 4.79 Å². The zero-order chi connectivity index (χ0) is 16.9. The van der Waals surface area contributed by atoms with Crippen molar-refractivity contribution >= 4 is 21.6 Å². The molecule has 5 nitrogen and oxygen atoms in total. The summed E-state index contributed by atoms with van der Waals surface area (Å²) in [5.74, 6) is -0.400. The fourth-order valence-electron chi connectivity index (χ4n) is 2.24. The highest BCUT2D eigenvalue weighted by Gasteiger charge is 2.17. The van der Waals surface area contributed by atoms with Crippen LogP contribution in [-0.4, -0.2) is 20.9 Å². The number of nitrogens with one attached hydrogen (secondary N) is 2. The van der Waals surface area contributed by atoms with Crippen LogP contribution in [0, 0.1) is 6.92 Å². The van der Waals surface area contributed by atoms with Gasteiger partial charge in [-0.05, 0) is 36.6 Å². The molecule has 0 aliphatic carbocycles. The van der Waals surface area contributed by atoms with Gasteiger partial charge in [-0.1, -0.05) is 43.3 Å². The van der Waals surface area contributed by atoms with Crippen LogP contribution in [0.15, 0.2) is 53.4 Å². The lowest BCUT2D eigenvalue weighted by Crippen LogP contribution is -2.33. The summed E-state index contributed by atoms with van der Waals surface area (Å²) < 4.78 is 26.8. The van der Waals surface area contributed by atoms with Gasteiger partial charge in [0.25, 0.3) is 0 Å². The van der Waals surface area contributed by atoms with Gasteiger partial charge in [0.2, 0.25) is 15.9 Å². The van der Waals surface area contributed by atoms with Crippen LogP contribution in [-0.2, 0) is 21.2 Å². The normalized spacial score (nSPS) is 11.2. The molecule has 0 bridgehead atoms. The lowest BCUT2D eigenvalue weighted by Gasteiger charge is -2.11. The Hall–Kier alpha value is -2.18. The second kappa shape index (κ2) is 7.39. The lowest BCUT2D eigenvalue weighted by atomic mass is 10.1. The Morgan fingerprint density at radius 2 is 1.70 bits per heavy atom. The van der Waals surface area contributed by atoms with Gasteiger partial charge in [0, 0.05) is 5.69 Å². The summed E-state index contributed by atoms with van der Waals surface area (Å²) in [5.41, 5.74) is 2.34. The summed E-state index contributed by atoms with van der Waals surface area (Å²) in [6.07, 6.45) is 0.783. The third-order valence-electron chi connectivity index (χ3n) is 3.48. The minimum Gasteiger partial charge on any atom is -0.325 e. The molecule has 0 heterocycles. The molecule has 0 unspecified atom stereocenters. The fraction of sp³-hybridized carbons (Fsp3) is 0.235. The van der Waals surface area contributed by atoms with Crippen LogP contribution in [0.25, 0.3) is 0 Å². The average Bonchev–Trinajstić information content (AvgIpc) is 2.54. The van der Waals surface area contributed by atoms with Crippen molar-refractivity contribution in [3.8, 4) is 0 Å². The van der Waals surface area contributed by atoms with Crippen molar-refractivity contribution in [2.24, 2.45) is 0 Å². The maximum absolute atomic E-state index is 12.2. The largest absolute Gasteiger partial charge is 0.325 e. The summed E-state index contributed by atoms with van der Waals surface area (Å²) in [6, 6.07) is 14.1. The smallest absolute Gasteiger partial charge is 0.241 e. The summed E-state index contributed by atoms with van der Waals surface area (Å²) in [5, 5.41) is 2.73. The van der Waals surface area contributed by atoms with E-state index < -0.39 is 15.9 Å². The molecule has 23 heavy (non-hydrogen) atoms. The van der Waals surface area contributed by atoms with Crippen molar-refractivity contribution in [1.29, 1.82) is 0 Å². The van der Waals surface area contributed by atoms with Crippen molar-refractivity contribution in [2.75, 3.05) is 11.9 Å². The number of para-hydroxylation sites is 1. The zero-order valence-electron chi connectivity index (χ0n) is 13.2. The Labute approximate surface area is 136 Å². The van der Waals surface area contributed by atoms with E-state index in [9.17, 15) is 13.2 Å². The van der Waals surface area contributed by atoms with Crippen LogP contribution < -0.4 is 10.0 Å². The minimum absolute atomic E-state index is 0.182. The van der Waals surface area contributed by atoms with Crippen LogP contribution in [0.1, 0.15) is 18.1 Å². The van der Waals surface area contributed by atoms with E-state index in [0.717, 1.165) is 12.0 Å². The number of rotatable bonds is 6. The molecule has 0 saturated carbocycles. The molecule has 122 valence electrons. The molecular weight excluding hydrogens is 312 g/mol. The third kappa shape index (κ3) is 4.40. The number of amides is 1. The van der Waals surface area contributed by atoms with E-state index in [1.165, 1.54) is 6.07 Å². The van der Waals surface area contributed by atoms with Gasteiger partial charge in [0.1, 0.15) is 0 Å². The molecule has 2 rings (SSSR count). The van der Waals surface area contributed by atoms with Crippen molar-refractivity contribution in [3.05, 3.63) is 59.7 Å². The molecule has 0 spiro atoms.